The van der Waals surface area contributed by atoms with E-state index in [1.165, 1.54) is 0 Å². The Balaban J connectivity index is 2.15. The zero-order valence-electron chi connectivity index (χ0n) is 9.19. The van der Waals surface area contributed by atoms with E-state index in [4.69, 9.17) is 4.42 Å². The van der Waals surface area contributed by atoms with Gasteiger partial charge in [0.1, 0.15) is 0 Å². The van der Waals surface area contributed by atoms with Gasteiger partial charge < -0.3 is 9.73 Å². The first-order valence-corrected chi connectivity index (χ1v) is 5.58. The molecule has 0 spiro atoms. The predicted molar refractivity (Wildman–Crippen MR) is 61.5 cm³/mol. The van der Waals surface area contributed by atoms with Gasteiger partial charge in [-0.1, -0.05) is 6.07 Å². The van der Waals surface area contributed by atoms with Crippen molar-refractivity contribution in [3.8, 4) is 0 Å². The fourth-order valence-electron chi connectivity index (χ4n) is 2.07. The van der Waals surface area contributed by atoms with Gasteiger partial charge in [0.2, 0.25) is 0 Å². The number of aromatic nitrogens is 1. The van der Waals surface area contributed by atoms with Crippen LogP contribution in [0.5, 0.6) is 0 Å². The Kier molecular flexibility index (Phi) is 2.11. The first-order valence-electron chi connectivity index (χ1n) is 5.58. The second-order valence-corrected chi connectivity index (χ2v) is 4.30. The van der Waals surface area contributed by atoms with Crippen molar-refractivity contribution in [1.82, 2.24) is 9.88 Å². The van der Waals surface area contributed by atoms with E-state index in [-0.39, 0.29) is 5.76 Å². The zero-order valence-corrected chi connectivity index (χ0v) is 9.19. The Morgan fingerprint density at radius 2 is 2.31 bits per heavy atom. The molecule has 1 fully saturated rings. The lowest BCUT2D eigenvalue weighted by molar-refractivity contribution is 0.509. The summed E-state index contributed by atoms with van der Waals surface area (Å²) in [6.45, 7) is 0.786. The number of nitrogens with zero attached hydrogens (tertiary/aromatic N) is 1. The number of benzene rings is 1. The van der Waals surface area contributed by atoms with E-state index in [1.54, 1.807) is 4.57 Å². The van der Waals surface area contributed by atoms with Gasteiger partial charge >= 0.3 is 5.76 Å². The summed E-state index contributed by atoms with van der Waals surface area (Å²) in [5.74, 6) is -0.223. The maximum atomic E-state index is 11.7. The third kappa shape index (κ3) is 1.46. The SMILES string of the molecule is CNCc1ccc2c(c1)oc(=O)n2C1CC1. The minimum absolute atomic E-state index is 0.223. The highest BCUT2D eigenvalue weighted by Gasteiger charge is 2.28. The quantitative estimate of drug-likeness (QED) is 0.852. The Labute approximate surface area is 92.9 Å². The molecule has 1 heterocycles. The summed E-state index contributed by atoms with van der Waals surface area (Å²) in [6.07, 6.45) is 2.18. The first kappa shape index (κ1) is 9.66. The summed E-state index contributed by atoms with van der Waals surface area (Å²) >= 11 is 0. The van der Waals surface area contributed by atoms with Crippen molar-refractivity contribution in [2.45, 2.75) is 25.4 Å². The molecule has 3 rings (SSSR count). The van der Waals surface area contributed by atoms with Crippen molar-refractivity contribution in [3.63, 3.8) is 0 Å². The summed E-state index contributed by atoms with van der Waals surface area (Å²) in [5, 5.41) is 3.08. The van der Waals surface area contributed by atoms with E-state index in [9.17, 15) is 4.79 Å². The summed E-state index contributed by atoms with van der Waals surface area (Å²) in [5.41, 5.74) is 2.75. The van der Waals surface area contributed by atoms with Crippen molar-refractivity contribution in [2.75, 3.05) is 7.05 Å². The van der Waals surface area contributed by atoms with Crippen LogP contribution < -0.4 is 11.1 Å². The lowest BCUT2D eigenvalue weighted by Gasteiger charge is -2.00. The fourth-order valence-corrected chi connectivity index (χ4v) is 2.07. The molecule has 0 unspecified atom stereocenters. The topological polar surface area (TPSA) is 47.2 Å². The second kappa shape index (κ2) is 3.49. The molecule has 1 saturated carbocycles. The molecule has 1 N–H and O–H groups in total. The average Bonchev–Trinajstić information content (AvgIpc) is 3.02. The number of rotatable bonds is 3. The lowest BCUT2D eigenvalue weighted by atomic mass is 10.2. The van der Waals surface area contributed by atoms with Crippen LogP contribution in [0.15, 0.2) is 27.4 Å². The predicted octanol–water partition coefficient (Wildman–Crippen LogP) is 1.65. The average molecular weight is 218 g/mol. The maximum Gasteiger partial charge on any atom is 0.420 e. The van der Waals surface area contributed by atoms with E-state index in [0.717, 1.165) is 30.5 Å². The Bertz CT molecular complexity index is 578. The normalized spacial score (nSPS) is 15.8. The van der Waals surface area contributed by atoms with Crippen LogP contribution in [-0.4, -0.2) is 11.6 Å². The van der Waals surface area contributed by atoms with E-state index < -0.39 is 0 Å². The standard InChI is InChI=1S/C12H14N2O2/c1-13-7-8-2-5-10-11(6-8)16-12(15)14(10)9-3-4-9/h2,5-6,9,13H,3-4,7H2,1H3. The van der Waals surface area contributed by atoms with Crippen LogP contribution in [0.1, 0.15) is 24.4 Å². The molecule has 4 heteroatoms. The summed E-state index contributed by atoms with van der Waals surface area (Å²) < 4.78 is 7.04. The van der Waals surface area contributed by atoms with E-state index >= 15 is 0 Å². The smallest absolute Gasteiger partial charge is 0.408 e. The lowest BCUT2D eigenvalue weighted by Crippen LogP contribution is -2.11. The molecular formula is C12H14N2O2. The van der Waals surface area contributed by atoms with Crippen LogP contribution in [-0.2, 0) is 6.54 Å². The van der Waals surface area contributed by atoms with Crippen LogP contribution in [0.25, 0.3) is 11.1 Å². The molecule has 2 aromatic rings. The second-order valence-electron chi connectivity index (χ2n) is 4.30. The Morgan fingerprint density at radius 1 is 1.50 bits per heavy atom. The molecule has 1 aromatic carbocycles. The molecule has 1 aromatic heterocycles. The molecule has 1 aliphatic carbocycles. The monoisotopic (exact) mass is 218 g/mol. The van der Waals surface area contributed by atoms with Crippen molar-refractivity contribution in [1.29, 1.82) is 0 Å². The summed E-state index contributed by atoms with van der Waals surface area (Å²) in [7, 11) is 1.90. The molecule has 0 saturated heterocycles. The van der Waals surface area contributed by atoms with Crippen LogP contribution in [0.3, 0.4) is 0 Å². The number of nitrogens with one attached hydrogen (secondary N) is 1. The van der Waals surface area contributed by atoms with Crippen LogP contribution in [0, 0.1) is 0 Å². The molecule has 0 atom stereocenters. The number of hydrogen-bond acceptors (Lipinski definition) is 3. The van der Waals surface area contributed by atoms with Gasteiger partial charge in [-0.15, -0.1) is 0 Å². The maximum absolute atomic E-state index is 11.7. The van der Waals surface area contributed by atoms with Crippen molar-refractivity contribution in [3.05, 3.63) is 34.3 Å². The largest absolute Gasteiger partial charge is 0.420 e. The van der Waals surface area contributed by atoms with Gasteiger partial charge in [0, 0.05) is 12.6 Å². The van der Waals surface area contributed by atoms with Crippen LogP contribution >= 0.6 is 0 Å². The van der Waals surface area contributed by atoms with Gasteiger partial charge in [-0.2, -0.15) is 0 Å². The number of fused-ring (bicyclic) bond motifs is 1. The fraction of sp³-hybridized carbons (Fsp3) is 0.417. The minimum Gasteiger partial charge on any atom is -0.408 e. The highest BCUT2D eigenvalue weighted by atomic mass is 16.4. The van der Waals surface area contributed by atoms with Gasteiger partial charge in [-0.3, -0.25) is 4.57 Å². The molecule has 1 aliphatic rings. The number of oxazole rings is 1. The molecule has 0 bridgehead atoms. The molecule has 16 heavy (non-hydrogen) atoms. The van der Waals surface area contributed by atoms with E-state index in [1.807, 2.05) is 25.2 Å². The van der Waals surface area contributed by atoms with E-state index in [2.05, 4.69) is 5.32 Å². The van der Waals surface area contributed by atoms with Crippen molar-refractivity contribution in [2.24, 2.45) is 0 Å². The zero-order chi connectivity index (χ0) is 11.1. The van der Waals surface area contributed by atoms with Crippen molar-refractivity contribution >= 4 is 11.1 Å². The third-order valence-electron chi connectivity index (χ3n) is 2.97. The summed E-state index contributed by atoms with van der Waals surface area (Å²) in [6, 6.07) is 6.31. The highest BCUT2D eigenvalue weighted by molar-refractivity contribution is 5.74. The molecule has 0 aliphatic heterocycles. The van der Waals surface area contributed by atoms with Gasteiger partial charge in [-0.25, -0.2) is 4.79 Å². The van der Waals surface area contributed by atoms with Gasteiger partial charge in [0.15, 0.2) is 5.58 Å². The molecular weight excluding hydrogens is 204 g/mol. The highest BCUT2D eigenvalue weighted by Crippen LogP contribution is 2.36. The molecule has 4 nitrogen and oxygen atoms in total. The van der Waals surface area contributed by atoms with Gasteiger partial charge in [-0.05, 0) is 37.6 Å². The first-order chi connectivity index (χ1) is 7.79. The molecule has 0 radical (unpaired) electrons. The van der Waals surface area contributed by atoms with Crippen LogP contribution in [0.2, 0.25) is 0 Å². The minimum atomic E-state index is -0.223. The van der Waals surface area contributed by atoms with Gasteiger partial charge in [0.25, 0.3) is 0 Å². The summed E-state index contributed by atoms with van der Waals surface area (Å²) in [4.78, 5) is 11.7. The van der Waals surface area contributed by atoms with Gasteiger partial charge in [0.05, 0.1) is 5.52 Å². The van der Waals surface area contributed by atoms with Crippen LogP contribution in [0.4, 0.5) is 0 Å². The third-order valence-corrected chi connectivity index (χ3v) is 2.97. The van der Waals surface area contributed by atoms with Crippen molar-refractivity contribution < 1.29 is 4.42 Å². The van der Waals surface area contributed by atoms with E-state index in [0.29, 0.717) is 11.6 Å². The molecule has 0 amide bonds. The molecule has 84 valence electrons. The Hall–Kier alpha value is -1.55. The number of hydrogen-bond donors (Lipinski definition) is 1. The Morgan fingerprint density at radius 3 is 3.00 bits per heavy atom.